The first-order chi connectivity index (χ1) is 13.3. The molecule has 1 atom stereocenters. The lowest BCUT2D eigenvalue weighted by atomic mass is 10.1. The van der Waals surface area contributed by atoms with Crippen molar-refractivity contribution in [3.63, 3.8) is 0 Å². The van der Waals surface area contributed by atoms with Crippen LogP contribution in [0.5, 0.6) is 11.6 Å². The summed E-state index contributed by atoms with van der Waals surface area (Å²) in [5, 5.41) is 6.38. The number of halogens is 1. The Balaban J connectivity index is 0.00000300. The van der Waals surface area contributed by atoms with Crippen LogP contribution in [0.25, 0.3) is 0 Å². The van der Waals surface area contributed by atoms with E-state index in [1.807, 2.05) is 37.3 Å². The topological polar surface area (TPSA) is 92.7 Å². The number of nitrogens with one attached hydrogen (secondary N) is 2. The van der Waals surface area contributed by atoms with E-state index in [9.17, 15) is 8.42 Å². The molecule has 0 spiro atoms. The van der Waals surface area contributed by atoms with Gasteiger partial charge < -0.3 is 15.4 Å². The van der Waals surface area contributed by atoms with E-state index in [4.69, 9.17) is 4.74 Å². The van der Waals surface area contributed by atoms with Gasteiger partial charge in [-0.2, -0.15) is 0 Å². The predicted octanol–water partition coefficient (Wildman–Crippen LogP) is 2.96. The molecule has 1 aromatic heterocycles. The number of nitrogens with zero attached hydrogens (tertiary/aromatic N) is 2. The molecule has 1 saturated heterocycles. The van der Waals surface area contributed by atoms with E-state index in [1.165, 1.54) is 11.1 Å². The zero-order chi connectivity index (χ0) is 20.1. The van der Waals surface area contributed by atoms with Gasteiger partial charge in [0, 0.05) is 31.9 Å². The monoisotopic (exact) mass is 530 g/mol. The Morgan fingerprint density at radius 2 is 2.03 bits per heavy atom. The van der Waals surface area contributed by atoms with Gasteiger partial charge in [-0.15, -0.1) is 24.0 Å². The Morgan fingerprint density at radius 1 is 1.24 bits per heavy atom. The van der Waals surface area contributed by atoms with Crippen molar-refractivity contribution in [3.8, 4) is 11.6 Å². The Bertz CT molecular complexity index is 979. The standard InChI is InChI=1S/C20H26N4O3S.HI/c1-14-4-5-18(10-15(14)2)27-19-11-16(6-8-22-19)12-23-20(21-3)24-17-7-9-28(25,26)13-17;/h4-6,8,10-11,17H,7,9,12-13H2,1-3H3,(H2,21,23,24);1H. The number of pyridine rings is 1. The molecule has 1 aliphatic rings. The van der Waals surface area contributed by atoms with Gasteiger partial charge in [0.1, 0.15) is 5.75 Å². The summed E-state index contributed by atoms with van der Waals surface area (Å²) >= 11 is 0. The van der Waals surface area contributed by atoms with E-state index in [1.54, 1.807) is 13.2 Å². The van der Waals surface area contributed by atoms with Crippen molar-refractivity contribution in [3.05, 3.63) is 53.2 Å². The molecule has 1 fully saturated rings. The van der Waals surface area contributed by atoms with Crippen LogP contribution in [-0.2, 0) is 16.4 Å². The second kappa shape index (κ2) is 10.2. The molecule has 2 aromatic rings. The minimum atomic E-state index is -2.93. The minimum absolute atomic E-state index is 0. The van der Waals surface area contributed by atoms with Crippen molar-refractivity contribution >= 4 is 39.8 Å². The first kappa shape index (κ1) is 23.4. The van der Waals surface area contributed by atoms with Gasteiger partial charge in [-0.05, 0) is 55.2 Å². The quantitative estimate of drug-likeness (QED) is 0.351. The van der Waals surface area contributed by atoms with E-state index in [0.717, 1.165) is 11.3 Å². The summed E-state index contributed by atoms with van der Waals surface area (Å²) in [6.07, 6.45) is 2.30. The van der Waals surface area contributed by atoms with Crippen LogP contribution in [0.3, 0.4) is 0 Å². The fraction of sp³-hybridized carbons (Fsp3) is 0.400. The van der Waals surface area contributed by atoms with E-state index in [-0.39, 0.29) is 41.5 Å². The summed E-state index contributed by atoms with van der Waals surface area (Å²) in [4.78, 5) is 8.45. The molecule has 0 bridgehead atoms. The molecular weight excluding hydrogens is 503 g/mol. The summed E-state index contributed by atoms with van der Waals surface area (Å²) in [5.74, 6) is 2.23. The van der Waals surface area contributed by atoms with Gasteiger partial charge in [0.25, 0.3) is 0 Å². The molecule has 0 radical (unpaired) electrons. The summed E-state index contributed by atoms with van der Waals surface area (Å²) in [7, 11) is -1.26. The van der Waals surface area contributed by atoms with Crippen molar-refractivity contribution in [2.45, 2.75) is 32.9 Å². The van der Waals surface area contributed by atoms with Crippen molar-refractivity contribution in [2.75, 3.05) is 18.6 Å². The largest absolute Gasteiger partial charge is 0.439 e. The molecule has 3 rings (SSSR count). The molecule has 158 valence electrons. The van der Waals surface area contributed by atoms with Gasteiger partial charge in [-0.25, -0.2) is 13.4 Å². The van der Waals surface area contributed by atoms with Gasteiger partial charge in [-0.3, -0.25) is 4.99 Å². The zero-order valence-electron chi connectivity index (χ0n) is 16.8. The average Bonchev–Trinajstić information content (AvgIpc) is 3.00. The third kappa shape index (κ3) is 6.84. The van der Waals surface area contributed by atoms with Crippen LogP contribution in [0, 0.1) is 13.8 Å². The summed E-state index contributed by atoms with van der Waals surface area (Å²) < 4.78 is 29.1. The molecule has 1 aromatic carbocycles. The molecule has 7 nitrogen and oxygen atoms in total. The Morgan fingerprint density at radius 3 is 2.69 bits per heavy atom. The number of benzene rings is 1. The SMILES string of the molecule is CN=C(NCc1ccnc(Oc2ccc(C)c(C)c2)c1)NC1CCS(=O)(=O)C1.I. The third-order valence-electron chi connectivity index (χ3n) is 4.76. The first-order valence-electron chi connectivity index (χ1n) is 9.22. The maximum absolute atomic E-state index is 11.6. The van der Waals surface area contributed by atoms with Crippen LogP contribution >= 0.6 is 24.0 Å². The second-order valence-corrected chi connectivity index (χ2v) is 9.25. The lowest BCUT2D eigenvalue weighted by molar-refractivity contribution is 0.461. The number of sulfone groups is 1. The fourth-order valence-electron chi connectivity index (χ4n) is 3.00. The highest BCUT2D eigenvalue weighted by atomic mass is 127. The molecule has 0 amide bonds. The van der Waals surface area contributed by atoms with Crippen LogP contribution in [0.4, 0.5) is 0 Å². The highest BCUT2D eigenvalue weighted by molar-refractivity contribution is 14.0. The number of hydrogen-bond donors (Lipinski definition) is 2. The molecule has 1 aliphatic heterocycles. The van der Waals surface area contributed by atoms with Crippen molar-refractivity contribution < 1.29 is 13.2 Å². The normalized spacial score (nSPS) is 18.0. The first-order valence-corrected chi connectivity index (χ1v) is 11.0. The van der Waals surface area contributed by atoms with Crippen LogP contribution in [0.2, 0.25) is 0 Å². The lowest BCUT2D eigenvalue weighted by Gasteiger charge is -2.16. The predicted molar refractivity (Wildman–Crippen MR) is 126 cm³/mol. The van der Waals surface area contributed by atoms with E-state index < -0.39 is 9.84 Å². The number of guanidine groups is 1. The number of aliphatic imine (C=N–C) groups is 1. The number of ether oxygens (including phenoxy) is 1. The maximum Gasteiger partial charge on any atom is 0.219 e. The van der Waals surface area contributed by atoms with Gasteiger partial charge in [0.15, 0.2) is 15.8 Å². The van der Waals surface area contributed by atoms with Gasteiger partial charge in [0.2, 0.25) is 5.88 Å². The van der Waals surface area contributed by atoms with Gasteiger partial charge in [-0.1, -0.05) is 6.07 Å². The van der Waals surface area contributed by atoms with E-state index >= 15 is 0 Å². The summed E-state index contributed by atoms with van der Waals surface area (Å²) in [6.45, 7) is 4.63. The van der Waals surface area contributed by atoms with E-state index in [2.05, 4.69) is 27.5 Å². The number of hydrogen-bond acceptors (Lipinski definition) is 5. The zero-order valence-corrected chi connectivity index (χ0v) is 20.0. The summed E-state index contributed by atoms with van der Waals surface area (Å²) in [5.41, 5.74) is 3.36. The molecule has 1 unspecified atom stereocenters. The maximum atomic E-state index is 11.6. The summed E-state index contributed by atoms with van der Waals surface area (Å²) in [6, 6.07) is 9.61. The van der Waals surface area contributed by atoms with Crippen molar-refractivity contribution in [1.29, 1.82) is 0 Å². The highest BCUT2D eigenvalue weighted by Gasteiger charge is 2.28. The number of aryl methyl sites for hydroxylation is 2. The second-order valence-electron chi connectivity index (χ2n) is 7.02. The fourth-order valence-corrected chi connectivity index (χ4v) is 4.67. The highest BCUT2D eigenvalue weighted by Crippen LogP contribution is 2.22. The van der Waals surface area contributed by atoms with Crippen LogP contribution in [-0.4, -0.2) is 44.0 Å². The number of rotatable bonds is 5. The van der Waals surface area contributed by atoms with Crippen LogP contribution < -0.4 is 15.4 Å². The molecule has 2 heterocycles. The Hall–Kier alpha value is -1.88. The van der Waals surface area contributed by atoms with Crippen molar-refractivity contribution in [2.24, 2.45) is 4.99 Å². The molecule has 0 saturated carbocycles. The Labute approximate surface area is 189 Å². The van der Waals surface area contributed by atoms with Crippen molar-refractivity contribution in [1.82, 2.24) is 15.6 Å². The third-order valence-corrected chi connectivity index (χ3v) is 6.52. The van der Waals surface area contributed by atoms with Crippen LogP contribution in [0.15, 0.2) is 41.5 Å². The molecular formula is C20H27IN4O3S. The average molecular weight is 530 g/mol. The van der Waals surface area contributed by atoms with Gasteiger partial charge in [0.05, 0.1) is 11.5 Å². The molecule has 9 heteroatoms. The van der Waals surface area contributed by atoms with Crippen LogP contribution in [0.1, 0.15) is 23.1 Å². The molecule has 0 aliphatic carbocycles. The lowest BCUT2D eigenvalue weighted by Crippen LogP contribution is -2.43. The molecule has 29 heavy (non-hydrogen) atoms. The van der Waals surface area contributed by atoms with E-state index in [0.29, 0.717) is 24.8 Å². The Kier molecular flexibility index (Phi) is 8.26. The number of aromatic nitrogens is 1. The molecule has 2 N–H and O–H groups in total. The van der Waals surface area contributed by atoms with Gasteiger partial charge >= 0.3 is 0 Å². The smallest absolute Gasteiger partial charge is 0.219 e. The minimum Gasteiger partial charge on any atom is -0.439 e.